The average molecular weight is 325 g/mol. The van der Waals surface area contributed by atoms with E-state index < -0.39 is 0 Å². The van der Waals surface area contributed by atoms with Crippen molar-refractivity contribution in [3.63, 3.8) is 0 Å². The normalized spacial score (nSPS) is 34.5. The molecule has 1 heterocycles. The lowest BCUT2D eigenvalue weighted by Gasteiger charge is -2.40. The van der Waals surface area contributed by atoms with Crippen molar-refractivity contribution in [3.05, 3.63) is 28.2 Å². The number of ether oxygens (including phenoxy) is 1. The Balaban J connectivity index is 1.90. The van der Waals surface area contributed by atoms with Crippen LogP contribution >= 0.6 is 15.9 Å². The van der Waals surface area contributed by atoms with Gasteiger partial charge in [-0.3, -0.25) is 0 Å². The minimum absolute atomic E-state index is 0.141. The number of aliphatic hydroxyl groups is 1. The Bertz CT molecular complexity index is 474. The molecule has 0 radical (unpaired) electrons. The van der Waals surface area contributed by atoms with Crippen molar-refractivity contribution in [1.82, 2.24) is 0 Å². The van der Waals surface area contributed by atoms with Crippen LogP contribution in [0.15, 0.2) is 22.7 Å². The van der Waals surface area contributed by atoms with E-state index in [2.05, 4.69) is 22.9 Å². The number of hydrogen-bond donors (Lipinski definition) is 1. The third-order valence-electron chi connectivity index (χ3n) is 4.65. The van der Waals surface area contributed by atoms with E-state index in [4.69, 9.17) is 4.74 Å². The quantitative estimate of drug-likeness (QED) is 0.755. The molecule has 0 saturated heterocycles. The van der Waals surface area contributed by atoms with E-state index >= 15 is 0 Å². The highest BCUT2D eigenvalue weighted by atomic mass is 79.9. The van der Waals surface area contributed by atoms with Crippen LogP contribution in [0.4, 0.5) is 0 Å². The molecular weight excluding hydrogens is 304 g/mol. The highest BCUT2D eigenvalue weighted by Crippen LogP contribution is 2.46. The summed E-state index contributed by atoms with van der Waals surface area (Å²) in [6, 6.07) is 5.93. The topological polar surface area (TPSA) is 29.5 Å². The number of hydrogen-bond acceptors (Lipinski definition) is 2. The molecule has 104 valence electrons. The second kappa shape index (κ2) is 5.10. The molecule has 1 aromatic carbocycles. The Labute approximate surface area is 123 Å². The summed E-state index contributed by atoms with van der Waals surface area (Å²) in [5, 5.41) is 10.4. The molecule has 1 fully saturated rings. The SMILES string of the molecule is CC1CCCC2(CC1)C[C@H](O)c1ccc(Br)cc1O2. The summed E-state index contributed by atoms with van der Waals surface area (Å²) in [5.74, 6) is 1.65. The maximum Gasteiger partial charge on any atom is 0.127 e. The third kappa shape index (κ3) is 2.68. The Hall–Kier alpha value is -0.540. The van der Waals surface area contributed by atoms with Gasteiger partial charge in [-0.1, -0.05) is 35.3 Å². The molecule has 1 saturated carbocycles. The summed E-state index contributed by atoms with van der Waals surface area (Å²) in [6.07, 6.45) is 6.19. The van der Waals surface area contributed by atoms with E-state index in [1.54, 1.807) is 0 Å². The van der Waals surface area contributed by atoms with Crippen molar-refractivity contribution in [2.75, 3.05) is 0 Å². The molecule has 0 aromatic heterocycles. The molecule has 3 atom stereocenters. The lowest BCUT2D eigenvalue weighted by atomic mass is 9.83. The lowest BCUT2D eigenvalue weighted by molar-refractivity contribution is -0.0250. The molecule has 1 N–H and O–H groups in total. The molecule has 19 heavy (non-hydrogen) atoms. The number of halogens is 1. The van der Waals surface area contributed by atoms with Gasteiger partial charge in [0.2, 0.25) is 0 Å². The molecule has 1 spiro atoms. The van der Waals surface area contributed by atoms with Gasteiger partial charge in [-0.05, 0) is 43.7 Å². The van der Waals surface area contributed by atoms with Crippen molar-refractivity contribution in [3.8, 4) is 5.75 Å². The Morgan fingerprint density at radius 2 is 2.16 bits per heavy atom. The van der Waals surface area contributed by atoms with Crippen LogP contribution in [0.5, 0.6) is 5.75 Å². The van der Waals surface area contributed by atoms with Gasteiger partial charge in [0.15, 0.2) is 0 Å². The van der Waals surface area contributed by atoms with Gasteiger partial charge in [0.25, 0.3) is 0 Å². The van der Waals surface area contributed by atoms with Crippen molar-refractivity contribution < 1.29 is 9.84 Å². The predicted molar refractivity (Wildman–Crippen MR) is 79.3 cm³/mol. The molecule has 1 aromatic rings. The monoisotopic (exact) mass is 324 g/mol. The zero-order valence-corrected chi connectivity index (χ0v) is 12.9. The summed E-state index contributed by atoms with van der Waals surface area (Å²) >= 11 is 3.49. The first-order valence-electron chi connectivity index (χ1n) is 7.24. The van der Waals surface area contributed by atoms with E-state index in [0.717, 1.165) is 41.0 Å². The molecule has 2 unspecified atom stereocenters. The van der Waals surface area contributed by atoms with Crippen LogP contribution in [0.3, 0.4) is 0 Å². The number of fused-ring (bicyclic) bond motifs is 1. The van der Waals surface area contributed by atoms with E-state index in [-0.39, 0.29) is 11.7 Å². The maximum atomic E-state index is 10.4. The van der Waals surface area contributed by atoms with Gasteiger partial charge in [-0.25, -0.2) is 0 Å². The third-order valence-corrected chi connectivity index (χ3v) is 5.14. The molecule has 1 aliphatic heterocycles. The molecule has 0 amide bonds. The number of benzene rings is 1. The van der Waals surface area contributed by atoms with Gasteiger partial charge in [0.05, 0.1) is 6.10 Å². The van der Waals surface area contributed by atoms with Gasteiger partial charge in [-0.15, -0.1) is 0 Å². The highest BCUT2D eigenvalue weighted by Gasteiger charge is 2.41. The average Bonchev–Trinajstić information content (AvgIpc) is 2.52. The zero-order chi connectivity index (χ0) is 13.5. The van der Waals surface area contributed by atoms with E-state index in [1.807, 2.05) is 18.2 Å². The number of rotatable bonds is 0. The highest BCUT2D eigenvalue weighted by molar-refractivity contribution is 9.10. The Morgan fingerprint density at radius 1 is 1.32 bits per heavy atom. The number of aliphatic hydroxyl groups excluding tert-OH is 1. The minimum Gasteiger partial charge on any atom is -0.487 e. The van der Waals surface area contributed by atoms with Crippen molar-refractivity contribution >= 4 is 15.9 Å². The molecule has 2 aliphatic rings. The summed E-state index contributed by atoms with van der Waals surface area (Å²) in [7, 11) is 0. The van der Waals surface area contributed by atoms with Crippen LogP contribution in [0.25, 0.3) is 0 Å². The molecule has 0 bridgehead atoms. The predicted octanol–water partition coefficient (Wildman–Crippen LogP) is 4.60. The van der Waals surface area contributed by atoms with Gasteiger partial charge in [-0.2, -0.15) is 0 Å². The lowest BCUT2D eigenvalue weighted by Crippen LogP contribution is -2.40. The van der Waals surface area contributed by atoms with E-state index in [0.29, 0.717) is 0 Å². The molecule has 1 aliphatic carbocycles. The van der Waals surface area contributed by atoms with Crippen LogP contribution in [0, 0.1) is 5.92 Å². The van der Waals surface area contributed by atoms with Crippen LogP contribution in [-0.2, 0) is 0 Å². The second-order valence-corrected chi connectivity index (χ2v) is 7.14. The molecule has 2 nitrogen and oxygen atoms in total. The van der Waals surface area contributed by atoms with E-state index in [1.165, 1.54) is 19.3 Å². The summed E-state index contributed by atoms with van der Waals surface area (Å²) in [6.45, 7) is 2.32. The van der Waals surface area contributed by atoms with E-state index in [9.17, 15) is 5.11 Å². The van der Waals surface area contributed by atoms with Crippen LogP contribution in [-0.4, -0.2) is 10.7 Å². The molecular formula is C16H21BrO2. The first-order chi connectivity index (χ1) is 9.08. The van der Waals surface area contributed by atoms with Crippen molar-refractivity contribution in [1.29, 1.82) is 0 Å². The first-order valence-corrected chi connectivity index (χ1v) is 8.04. The summed E-state index contributed by atoms with van der Waals surface area (Å²) < 4.78 is 7.36. The Morgan fingerprint density at radius 3 is 3.00 bits per heavy atom. The van der Waals surface area contributed by atoms with Crippen LogP contribution in [0.2, 0.25) is 0 Å². The summed E-state index contributed by atoms with van der Waals surface area (Å²) in [4.78, 5) is 0. The smallest absolute Gasteiger partial charge is 0.127 e. The molecule has 3 rings (SSSR count). The summed E-state index contributed by atoms with van der Waals surface area (Å²) in [5.41, 5.74) is 0.795. The second-order valence-electron chi connectivity index (χ2n) is 6.22. The van der Waals surface area contributed by atoms with Crippen molar-refractivity contribution in [2.24, 2.45) is 5.92 Å². The minimum atomic E-state index is -0.384. The maximum absolute atomic E-state index is 10.4. The van der Waals surface area contributed by atoms with Gasteiger partial charge < -0.3 is 9.84 Å². The zero-order valence-electron chi connectivity index (χ0n) is 11.4. The van der Waals surface area contributed by atoms with Crippen LogP contribution in [0.1, 0.15) is 57.1 Å². The molecule has 3 heteroatoms. The van der Waals surface area contributed by atoms with Crippen molar-refractivity contribution in [2.45, 2.75) is 57.2 Å². The van der Waals surface area contributed by atoms with Gasteiger partial charge in [0, 0.05) is 16.5 Å². The fraction of sp³-hybridized carbons (Fsp3) is 0.625. The van der Waals surface area contributed by atoms with Gasteiger partial charge in [0.1, 0.15) is 11.4 Å². The largest absolute Gasteiger partial charge is 0.487 e. The fourth-order valence-electron chi connectivity index (χ4n) is 3.47. The Kier molecular flexibility index (Phi) is 3.61. The standard InChI is InChI=1S/C16H21BrO2/c1-11-3-2-7-16(8-6-11)10-14(18)13-5-4-12(17)9-15(13)19-16/h4-5,9,11,14,18H,2-3,6-8,10H2,1H3/t11?,14-,16?/m0/s1. The fourth-order valence-corrected chi connectivity index (χ4v) is 3.81. The van der Waals surface area contributed by atoms with Crippen LogP contribution < -0.4 is 4.74 Å². The van der Waals surface area contributed by atoms with Gasteiger partial charge >= 0.3 is 0 Å². The first kappa shape index (κ1) is 13.4.